The van der Waals surface area contributed by atoms with E-state index in [9.17, 15) is 0 Å². The molecule has 0 N–H and O–H groups in total. The highest BCUT2D eigenvalue weighted by Gasteiger charge is 2.21. The second-order valence-corrected chi connectivity index (χ2v) is 4.58. The Balaban J connectivity index is 1.87. The lowest BCUT2D eigenvalue weighted by Gasteiger charge is -2.18. The minimum Gasteiger partial charge on any atom is -0.371 e. The highest BCUT2D eigenvalue weighted by atomic mass is 15.1. The van der Waals surface area contributed by atoms with Crippen LogP contribution in [0.1, 0.15) is 32.6 Å². The third kappa shape index (κ3) is 2.74. The summed E-state index contributed by atoms with van der Waals surface area (Å²) in [6, 6.07) is 10.8. The highest BCUT2D eigenvalue weighted by molar-refractivity contribution is 5.46. The molecule has 0 aromatic heterocycles. The Morgan fingerprint density at radius 2 is 2.07 bits per heavy atom. The van der Waals surface area contributed by atoms with E-state index in [4.69, 9.17) is 0 Å². The van der Waals surface area contributed by atoms with Gasteiger partial charge in [-0.1, -0.05) is 38.0 Å². The van der Waals surface area contributed by atoms with Gasteiger partial charge in [-0.15, -0.1) is 0 Å². The zero-order valence-electron chi connectivity index (χ0n) is 9.65. The van der Waals surface area contributed by atoms with Gasteiger partial charge < -0.3 is 4.90 Å². The quantitative estimate of drug-likeness (QED) is 0.721. The molecule has 1 unspecified atom stereocenters. The number of unbranched alkanes of at least 4 members (excludes halogenated alkanes) is 1. The summed E-state index contributed by atoms with van der Waals surface area (Å²) in [7, 11) is 0. The molecule has 1 heterocycles. The minimum atomic E-state index is 0.935. The molecule has 82 valence electrons. The first-order valence-electron chi connectivity index (χ1n) is 6.20. The topological polar surface area (TPSA) is 3.24 Å². The highest BCUT2D eigenvalue weighted by Crippen LogP contribution is 2.26. The van der Waals surface area contributed by atoms with Crippen molar-refractivity contribution in [2.75, 3.05) is 18.0 Å². The van der Waals surface area contributed by atoms with Crippen LogP contribution in [-0.2, 0) is 0 Å². The van der Waals surface area contributed by atoms with Crippen LogP contribution in [0.2, 0.25) is 0 Å². The van der Waals surface area contributed by atoms with Crippen LogP contribution in [-0.4, -0.2) is 13.1 Å². The van der Waals surface area contributed by atoms with Crippen molar-refractivity contribution in [1.82, 2.24) is 0 Å². The molecule has 1 fully saturated rings. The Morgan fingerprint density at radius 1 is 1.27 bits per heavy atom. The van der Waals surface area contributed by atoms with Gasteiger partial charge in [0.15, 0.2) is 0 Å². The lowest BCUT2D eigenvalue weighted by atomic mass is 10.0. The number of nitrogens with zero attached hydrogens (tertiary/aromatic N) is 1. The summed E-state index contributed by atoms with van der Waals surface area (Å²) in [6.45, 7) is 4.80. The van der Waals surface area contributed by atoms with Gasteiger partial charge in [-0.2, -0.15) is 0 Å². The van der Waals surface area contributed by atoms with Crippen molar-refractivity contribution in [2.45, 2.75) is 32.6 Å². The van der Waals surface area contributed by atoms with Crippen molar-refractivity contribution < 1.29 is 0 Å². The molecule has 1 aliphatic heterocycles. The maximum absolute atomic E-state index is 2.53. The molecular formula is C14H21N. The standard InChI is InChI=1S/C14H21N/c1-2-3-7-13-10-11-15(12-13)14-8-5-4-6-9-14/h4-6,8-9,13H,2-3,7,10-12H2,1H3. The van der Waals surface area contributed by atoms with Crippen LogP contribution < -0.4 is 4.90 Å². The van der Waals surface area contributed by atoms with Gasteiger partial charge in [-0.05, 0) is 30.9 Å². The molecule has 1 nitrogen and oxygen atoms in total. The molecule has 1 heteroatoms. The number of hydrogen-bond donors (Lipinski definition) is 0. The van der Waals surface area contributed by atoms with Gasteiger partial charge >= 0.3 is 0 Å². The van der Waals surface area contributed by atoms with E-state index in [-0.39, 0.29) is 0 Å². The summed E-state index contributed by atoms with van der Waals surface area (Å²) in [5.74, 6) is 0.935. The molecule has 0 spiro atoms. The molecule has 2 rings (SSSR count). The van der Waals surface area contributed by atoms with E-state index in [1.807, 2.05) is 0 Å². The fraction of sp³-hybridized carbons (Fsp3) is 0.571. The SMILES string of the molecule is CCCCC1CCN(c2ccccc2)C1. The zero-order chi connectivity index (χ0) is 10.5. The maximum Gasteiger partial charge on any atom is 0.0366 e. The van der Waals surface area contributed by atoms with E-state index in [1.54, 1.807) is 0 Å². The summed E-state index contributed by atoms with van der Waals surface area (Å²) < 4.78 is 0. The molecule has 0 aliphatic carbocycles. The van der Waals surface area contributed by atoms with Crippen molar-refractivity contribution in [3.63, 3.8) is 0 Å². The second-order valence-electron chi connectivity index (χ2n) is 4.58. The monoisotopic (exact) mass is 203 g/mol. The van der Waals surface area contributed by atoms with Crippen LogP contribution >= 0.6 is 0 Å². The smallest absolute Gasteiger partial charge is 0.0366 e. The lowest BCUT2D eigenvalue weighted by Crippen LogP contribution is -2.19. The van der Waals surface area contributed by atoms with E-state index in [2.05, 4.69) is 42.2 Å². The Labute approximate surface area is 93.1 Å². The Hall–Kier alpha value is -0.980. The fourth-order valence-corrected chi connectivity index (χ4v) is 2.43. The molecular weight excluding hydrogens is 182 g/mol. The van der Waals surface area contributed by atoms with Gasteiger partial charge in [-0.25, -0.2) is 0 Å². The van der Waals surface area contributed by atoms with Crippen molar-refractivity contribution in [3.8, 4) is 0 Å². The molecule has 1 aromatic carbocycles. The van der Waals surface area contributed by atoms with Crippen LogP contribution in [0.5, 0.6) is 0 Å². The summed E-state index contributed by atoms with van der Waals surface area (Å²) >= 11 is 0. The predicted molar refractivity (Wildman–Crippen MR) is 66.3 cm³/mol. The van der Waals surface area contributed by atoms with Gasteiger partial charge in [0, 0.05) is 18.8 Å². The molecule has 0 bridgehead atoms. The summed E-state index contributed by atoms with van der Waals surface area (Å²) in [5.41, 5.74) is 1.40. The van der Waals surface area contributed by atoms with Crippen molar-refractivity contribution >= 4 is 5.69 Å². The largest absolute Gasteiger partial charge is 0.371 e. The molecule has 1 saturated heterocycles. The zero-order valence-corrected chi connectivity index (χ0v) is 9.65. The van der Waals surface area contributed by atoms with E-state index >= 15 is 0 Å². The number of rotatable bonds is 4. The normalized spacial score (nSPS) is 20.9. The number of hydrogen-bond acceptors (Lipinski definition) is 1. The van der Waals surface area contributed by atoms with Crippen LogP contribution in [0.15, 0.2) is 30.3 Å². The molecule has 0 amide bonds. The lowest BCUT2D eigenvalue weighted by molar-refractivity contribution is 0.510. The number of para-hydroxylation sites is 1. The van der Waals surface area contributed by atoms with E-state index in [0.717, 1.165) is 5.92 Å². The molecule has 1 atom stereocenters. The van der Waals surface area contributed by atoms with E-state index in [0.29, 0.717) is 0 Å². The van der Waals surface area contributed by atoms with Crippen LogP contribution in [0.4, 0.5) is 5.69 Å². The predicted octanol–water partition coefficient (Wildman–Crippen LogP) is 3.70. The van der Waals surface area contributed by atoms with Crippen molar-refractivity contribution in [1.29, 1.82) is 0 Å². The third-order valence-corrected chi connectivity index (χ3v) is 3.37. The third-order valence-electron chi connectivity index (χ3n) is 3.37. The number of anilines is 1. The minimum absolute atomic E-state index is 0.935. The van der Waals surface area contributed by atoms with Crippen LogP contribution in [0, 0.1) is 5.92 Å². The second kappa shape index (κ2) is 5.20. The number of benzene rings is 1. The summed E-state index contributed by atoms with van der Waals surface area (Å²) in [6.07, 6.45) is 5.53. The molecule has 15 heavy (non-hydrogen) atoms. The summed E-state index contributed by atoms with van der Waals surface area (Å²) in [5, 5.41) is 0. The van der Waals surface area contributed by atoms with E-state index in [1.165, 1.54) is 44.5 Å². The fourth-order valence-electron chi connectivity index (χ4n) is 2.43. The molecule has 1 aromatic rings. The van der Waals surface area contributed by atoms with Gasteiger partial charge in [-0.3, -0.25) is 0 Å². The molecule has 1 aliphatic rings. The molecule has 0 saturated carbocycles. The average Bonchev–Trinajstić information content (AvgIpc) is 2.76. The van der Waals surface area contributed by atoms with Gasteiger partial charge in [0.1, 0.15) is 0 Å². The van der Waals surface area contributed by atoms with Gasteiger partial charge in [0.2, 0.25) is 0 Å². The summed E-state index contributed by atoms with van der Waals surface area (Å²) in [4.78, 5) is 2.53. The maximum atomic E-state index is 2.53. The van der Waals surface area contributed by atoms with Gasteiger partial charge in [0.25, 0.3) is 0 Å². The first-order valence-corrected chi connectivity index (χ1v) is 6.20. The Kier molecular flexibility index (Phi) is 3.65. The average molecular weight is 203 g/mol. The van der Waals surface area contributed by atoms with E-state index < -0.39 is 0 Å². The van der Waals surface area contributed by atoms with Crippen molar-refractivity contribution in [3.05, 3.63) is 30.3 Å². The first-order chi connectivity index (χ1) is 7.40. The van der Waals surface area contributed by atoms with Crippen molar-refractivity contribution in [2.24, 2.45) is 5.92 Å². The van der Waals surface area contributed by atoms with Gasteiger partial charge in [0.05, 0.1) is 0 Å². The Bertz CT molecular complexity index is 281. The van der Waals surface area contributed by atoms with Crippen LogP contribution in [0.3, 0.4) is 0 Å². The Morgan fingerprint density at radius 3 is 2.80 bits per heavy atom. The molecule has 0 radical (unpaired) electrons. The van der Waals surface area contributed by atoms with Crippen LogP contribution in [0.25, 0.3) is 0 Å². The first kappa shape index (κ1) is 10.5.